The molecule has 0 aliphatic carbocycles. The molecule has 2 atom stereocenters. The van der Waals surface area contributed by atoms with Crippen molar-refractivity contribution < 1.29 is 13.9 Å². The van der Waals surface area contributed by atoms with Crippen LogP contribution in [0.2, 0.25) is 0 Å². The molecule has 2 unspecified atom stereocenters. The Morgan fingerprint density at radius 2 is 1.85 bits per heavy atom. The van der Waals surface area contributed by atoms with Crippen LogP contribution < -0.4 is 4.74 Å². The third-order valence-corrected chi connectivity index (χ3v) is 3.88. The van der Waals surface area contributed by atoms with Crippen LogP contribution in [-0.4, -0.2) is 29.5 Å². The van der Waals surface area contributed by atoms with Gasteiger partial charge in [0.15, 0.2) is 0 Å². The van der Waals surface area contributed by atoms with E-state index in [0.717, 1.165) is 12.8 Å². The highest BCUT2D eigenvalue weighted by molar-refractivity contribution is 5.77. The number of nitrogens with zero attached hydrogens (tertiary/aromatic N) is 1. The van der Waals surface area contributed by atoms with Crippen molar-refractivity contribution in [1.29, 1.82) is 0 Å². The summed E-state index contributed by atoms with van der Waals surface area (Å²) in [6.45, 7) is 4.54. The molecule has 1 heterocycles. The Morgan fingerprint density at radius 1 is 1.25 bits per heavy atom. The average molecular weight is 279 g/mol. The number of piperidine rings is 1. The average Bonchev–Trinajstić information content (AvgIpc) is 2.41. The molecule has 0 N–H and O–H groups in total. The van der Waals surface area contributed by atoms with Crippen LogP contribution in [0.1, 0.15) is 39.5 Å². The summed E-state index contributed by atoms with van der Waals surface area (Å²) in [7, 11) is 0. The van der Waals surface area contributed by atoms with E-state index in [1.54, 1.807) is 12.1 Å². The molecule has 1 aliphatic rings. The fraction of sp³-hybridized carbons (Fsp3) is 0.562. The van der Waals surface area contributed by atoms with Crippen LogP contribution in [0.25, 0.3) is 0 Å². The van der Waals surface area contributed by atoms with Gasteiger partial charge in [0.25, 0.3) is 0 Å². The highest BCUT2D eigenvalue weighted by Crippen LogP contribution is 2.23. The van der Waals surface area contributed by atoms with Crippen LogP contribution in [0, 0.1) is 5.82 Å². The summed E-state index contributed by atoms with van der Waals surface area (Å²) in [5, 5.41) is 0. The second-order valence-corrected chi connectivity index (χ2v) is 5.48. The Kier molecular flexibility index (Phi) is 4.99. The van der Waals surface area contributed by atoms with Gasteiger partial charge in [-0.3, -0.25) is 4.79 Å². The summed E-state index contributed by atoms with van der Waals surface area (Å²) in [5.74, 6) is 0.454. The van der Waals surface area contributed by atoms with E-state index in [1.807, 2.05) is 4.90 Å². The minimum absolute atomic E-state index is 0.145. The van der Waals surface area contributed by atoms with Crippen molar-refractivity contribution in [2.75, 3.05) is 6.61 Å². The molecule has 3 nitrogen and oxygen atoms in total. The normalized spacial score (nSPS) is 22.6. The maximum Gasteiger partial charge on any atom is 0.226 e. The molecule has 2 rings (SSSR count). The second-order valence-electron chi connectivity index (χ2n) is 5.48. The summed E-state index contributed by atoms with van der Waals surface area (Å²) < 4.78 is 18.2. The van der Waals surface area contributed by atoms with Gasteiger partial charge in [0.2, 0.25) is 5.91 Å². The SMILES string of the molecule is CC1CCCC(C)N1C(=O)CCOc1ccc(F)cc1. The van der Waals surface area contributed by atoms with E-state index in [0.29, 0.717) is 30.9 Å². The molecule has 1 aliphatic heterocycles. The summed E-state index contributed by atoms with van der Waals surface area (Å²) in [4.78, 5) is 14.2. The summed E-state index contributed by atoms with van der Waals surface area (Å²) in [5.41, 5.74) is 0. The van der Waals surface area contributed by atoms with Gasteiger partial charge in [-0.05, 0) is 57.4 Å². The van der Waals surface area contributed by atoms with Crippen molar-refractivity contribution in [3.8, 4) is 5.75 Å². The lowest BCUT2D eigenvalue weighted by Crippen LogP contribution is -2.47. The van der Waals surface area contributed by atoms with Crippen molar-refractivity contribution in [3.63, 3.8) is 0 Å². The van der Waals surface area contributed by atoms with Gasteiger partial charge < -0.3 is 9.64 Å². The molecule has 1 fully saturated rings. The highest BCUT2D eigenvalue weighted by Gasteiger charge is 2.28. The van der Waals surface area contributed by atoms with Gasteiger partial charge in [-0.15, -0.1) is 0 Å². The molecular weight excluding hydrogens is 257 g/mol. The number of benzene rings is 1. The smallest absolute Gasteiger partial charge is 0.226 e. The maximum atomic E-state index is 12.7. The number of likely N-dealkylation sites (tertiary alicyclic amines) is 1. The Balaban J connectivity index is 1.81. The quantitative estimate of drug-likeness (QED) is 0.845. The first kappa shape index (κ1) is 14.8. The standard InChI is InChI=1S/C16H22FNO2/c1-12-4-3-5-13(2)18(12)16(19)10-11-20-15-8-6-14(17)7-9-15/h6-9,12-13H,3-5,10-11H2,1-2H3. The summed E-state index contributed by atoms with van der Waals surface area (Å²) >= 11 is 0. The van der Waals surface area contributed by atoms with E-state index < -0.39 is 0 Å². The number of amides is 1. The molecule has 0 spiro atoms. The number of carbonyl (C=O) groups is 1. The number of carbonyl (C=O) groups excluding carboxylic acids is 1. The highest BCUT2D eigenvalue weighted by atomic mass is 19.1. The Morgan fingerprint density at radius 3 is 2.45 bits per heavy atom. The van der Waals surface area contributed by atoms with E-state index in [1.165, 1.54) is 18.6 Å². The molecule has 20 heavy (non-hydrogen) atoms. The zero-order chi connectivity index (χ0) is 14.5. The van der Waals surface area contributed by atoms with Crippen molar-refractivity contribution >= 4 is 5.91 Å². The van der Waals surface area contributed by atoms with E-state index in [9.17, 15) is 9.18 Å². The lowest BCUT2D eigenvalue weighted by molar-refractivity contribution is -0.137. The number of ether oxygens (including phenoxy) is 1. The Hall–Kier alpha value is -1.58. The van der Waals surface area contributed by atoms with Crippen molar-refractivity contribution in [3.05, 3.63) is 30.1 Å². The largest absolute Gasteiger partial charge is 0.493 e. The van der Waals surface area contributed by atoms with Crippen molar-refractivity contribution in [2.24, 2.45) is 0 Å². The summed E-state index contributed by atoms with van der Waals surface area (Å²) in [6, 6.07) is 6.49. The second kappa shape index (κ2) is 6.73. The third-order valence-electron chi connectivity index (χ3n) is 3.88. The first-order chi connectivity index (χ1) is 9.58. The molecule has 0 saturated carbocycles. The number of rotatable bonds is 4. The van der Waals surface area contributed by atoms with E-state index >= 15 is 0 Å². The fourth-order valence-electron chi connectivity index (χ4n) is 2.83. The van der Waals surface area contributed by atoms with Crippen LogP contribution >= 0.6 is 0 Å². The zero-order valence-electron chi connectivity index (χ0n) is 12.1. The van der Waals surface area contributed by atoms with Gasteiger partial charge in [-0.1, -0.05) is 0 Å². The topological polar surface area (TPSA) is 29.5 Å². The molecule has 0 radical (unpaired) electrons. The molecular formula is C16H22FNO2. The van der Waals surface area contributed by atoms with Gasteiger partial charge in [0, 0.05) is 12.1 Å². The first-order valence-corrected chi connectivity index (χ1v) is 7.27. The first-order valence-electron chi connectivity index (χ1n) is 7.27. The monoisotopic (exact) mass is 279 g/mol. The summed E-state index contributed by atoms with van der Waals surface area (Å²) in [6.07, 6.45) is 3.72. The van der Waals surface area contributed by atoms with E-state index in [4.69, 9.17) is 4.74 Å². The van der Waals surface area contributed by atoms with Crippen LogP contribution in [0.4, 0.5) is 4.39 Å². The van der Waals surface area contributed by atoms with E-state index in [-0.39, 0.29) is 11.7 Å². The van der Waals surface area contributed by atoms with Gasteiger partial charge in [-0.2, -0.15) is 0 Å². The Bertz CT molecular complexity index is 436. The van der Waals surface area contributed by atoms with Crippen molar-refractivity contribution in [2.45, 2.75) is 51.6 Å². The molecule has 0 aromatic heterocycles. The minimum Gasteiger partial charge on any atom is -0.493 e. The van der Waals surface area contributed by atoms with Gasteiger partial charge in [0.05, 0.1) is 13.0 Å². The van der Waals surface area contributed by atoms with Gasteiger partial charge >= 0.3 is 0 Å². The Labute approximate surface area is 119 Å². The van der Waals surface area contributed by atoms with Crippen molar-refractivity contribution in [1.82, 2.24) is 4.90 Å². The fourth-order valence-corrected chi connectivity index (χ4v) is 2.83. The molecule has 1 saturated heterocycles. The molecule has 0 bridgehead atoms. The van der Waals surface area contributed by atoms with Crippen LogP contribution in [0.3, 0.4) is 0 Å². The molecule has 1 aromatic carbocycles. The number of hydrogen-bond donors (Lipinski definition) is 0. The van der Waals surface area contributed by atoms with Crippen LogP contribution in [-0.2, 0) is 4.79 Å². The van der Waals surface area contributed by atoms with Gasteiger partial charge in [0.1, 0.15) is 11.6 Å². The predicted molar refractivity (Wildman–Crippen MR) is 76.1 cm³/mol. The lowest BCUT2D eigenvalue weighted by Gasteiger charge is -2.39. The lowest BCUT2D eigenvalue weighted by atomic mass is 9.97. The molecule has 1 amide bonds. The maximum absolute atomic E-state index is 12.7. The zero-order valence-corrected chi connectivity index (χ0v) is 12.1. The molecule has 110 valence electrons. The minimum atomic E-state index is -0.288. The van der Waals surface area contributed by atoms with Gasteiger partial charge in [-0.25, -0.2) is 4.39 Å². The number of halogens is 1. The molecule has 1 aromatic rings. The number of hydrogen-bond acceptors (Lipinski definition) is 2. The van der Waals surface area contributed by atoms with Crippen LogP contribution in [0.5, 0.6) is 5.75 Å². The predicted octanol–water partition coefficient (Wildman–Crippen LogP) is 3.38. The van der Waals surface area contributed by atoms with Crippen LogP contribution in [0.15, 0.2) is 24.3 Å². The third kappa shape index (κ3) is 3.71. The van der Waals surface area contributed by atoms with E-state index in [2.05, 4.69) is 13.8 Å². The molecule has 4 heteroatoms.